The molecule has 3 aromatic carbocycles. The van der Waals surface area contributed by atoms with Crippen molar-refractivity contribution in [2.45, 2.75) is 20.8 Å². The zero-order valence-corrected chi connectivity index (χ0v) is 28.1. The first kappa shape index (κ1) is 37.1. The molecule has 11 heteroatoms. The van der Waals surface area contributed by atoms with Gasteiger partial charge in [-0.15, -0.1) is 0 Å². The standard InChI is InChI=1S/C21H21BO3.C12H30BN3O3/c1-16-7-11-19(12-8-16)23-22(24-20-13-9-17(2)10-14-20)25-21-6-4-5-18(3)15-21;1-14(2)7-10-17-13(18-11-8-15(3)4)19-12-9-16(5)6/h4-15H,1-3H3;7-12H2,1-6H3. The van der Waals surface area contributed by atoms with Gasteiger partial charge in [-0.2, -0.15) is 0 Å². The lowest BCUT2D eigenvalue weighted by atomic mass is 10.1. The Labute approximate surface area is 266 Å². The molecule has 3 aromatic rings. The molecule has 3 rings (SSSR count). The summed E-state index contributed by atoms with van der Waals surface area (Å²) in [5.41, 5.74) is 3.45. The monoisotopic (exact) mass is 607 g/mol. The quantitative estimate of drug-likeness (QED) is 0.189. The highest BCUT2D eigenvalue weighted by molar-refractivity contribution is 6.39. The summed E-state index contributed by atoms with van der Waals surface area (Å²) in [5.74, 6) is 2.08. The molecular formula is C33H51B2N3O6. The number of nitrogens with zero attached hydrogens (tertiary/aromatic N) is 3. The summed E-state index contributed by atoms with van der Waals surface area (Å²) in [5, 5.41) is 0. The van der Waals surface area contributed by atoms with Crippen molar-refractivity contribution in [1.29, 1.82) is 0 Å². The van der Waals surface area contributed by atoms with E-state index in [0.29, 0.717) is 37.1 Å². The third-order valence-corrected chi connectivity index (χ3v) is 6.11. The van der Waals surface area contributed by atoms with Gasteiger partial charge in [-0.05, 0) is 105 Å². The van der Waals surface area contributed by atoms with Crippen LogP contribution in [-0.4, -0.2) is 111 Å². The smallest absolute Gasteiger partial charge is 0.490 e. The highest BCUT2D eigenvalue weighted by Crippen LogP contribution is 2.20. The Kier molecular flexibility index (Phi) is 17.6. The summed E-state index contributed by atoms with van der Waals surface area (Å²) >= 11 is 0. The lowest BCUT2D eigenvalue weighted by Crippen LogP contribution is -2.37. The van der Waals surface area contributed by atoms with Gasteiger partial charge in [0.05, 0.1) is 0 Å². The van der Waals surface area contributed by atoms with E-state index in [0.717, 1.165) is 25.2 Å². The first-order valence-corrected chi connectivity index (χ1v) is 15.0. The lowest BCUT2D eigenvalue weighted by molar-refractivity contribution is 0.0782. The van der Waals surface area contributed by atoms with Gasteiger partial charge in [0.25, 0.3) is 0 Å². The van der Waals surface area contributed by atoms with Crippen LogP contribution in [0.15, 0.2) is 72.8 Å². The van der Waals surface area contributed by atoms with Gasteiger partial charge in [-0.3, -0.25) is 0 Å². The Morgan fingerprint density at radius 3 is 1.20 bits per heavy atom. The van der Waals surface area contributed by atoms with E-state index in [1.54, 1.807) is 0 Å². The predicted molar refractivity (Wildman–Crippen MR) is 180 cm³/mol. The average Bonchev–Trinajstić information content (AvgIpc) is 2.95. The predicted octanol–water partition coefficient (Wildman–Crippen LogP) is 4.84. The molecule has 0 atom stereocenters. The maximum Gasteiger partial charge on any atom is 0.864 e. The van der Waals surface area contributed by atoms with Crippen LogP contribution in [0.2, 0.25) is 0 Å². The van der Waals surface area contributed by atoms with E-state index >= 15 is 0 Å². The topological polar surface area (TPSA) is 65.1 Å². The average molecular weight is 607 g/mol. The lowest BCUT2D eigenvalue weighted by Gasteiger charge is -2.18. The minimum Gasteiger partial charge on any atom is -0.490 e. The largest absolute Gasteiger partial charge is 0.864 e. The fourth-order valence-electron chi connectivity index (χ4n) is 3.47. The summed E-state index contributed by atoms with van der Waals surface area (Å²) in [6, 6.07) is 23.4. The first-order chi connectivity index (χ1) is 21.0. The fraction of sp³-hybridized carbons (Fsp3) is 0.455. The molecule has 0 saturated heterocycles. The maximum absolute atomic E-state index is 5.92. The number of hydrogen-bond acceptors (Lipinski definition) is 9. The van der Waals surface area contributed by atoms with E-state index in [1.807, 2.05) is 136 Å². The van der Waals surface area contributed by atoms with Crippen molar-refractivity contribution in [3.8, 4) is 17.2 Å². The van der Waals surface area contributed by atoms with Crippen molar-refractivity contribution in [1.82, 2.24) is 14.7 Å². The minimum atomic E-state index is -0.882. The van der Waals surface area contributed by atoms with E-state index in [4.69, 9.17) is 27.9 Å². The van der Waals surface area contributed by atoms with Gasteiger partial charge < -0.3 is 42.6 Å². The zero-order chi connectivity index (χ0) is 32.3. The van der Waals surface area contributed by atoms with Crippen LogP contribution in [0.1, 0.15) is 16.7 Å². The second-order valence-corrected chi connectivity index (χ2v) is 11.4. The molecule has 240 valence electrons. The number of rotatable bonds is 18. The van der Waals surface area contributed by atoms with Crippen LogP contribution in [0.25, 0.3) is 0 Å². The van der Waals surface area contributed by atoms with Crippen LogP contribution < -0.4 is 14.0 Å². The van der Waals surface area contributed by atoms with E-state index < -0.39 is 14.6 Å². The van der Waals surface area contributed by atoms with E-state index in [9.17, 15) is 0 Å². The Morgan fingerprint density at radius 1 is 0.455 bits per heavy atom. The number of benzene rings is 3. The number of aryl methyl sites for hydroxylation is 3. The molecule has 0 radical (unpaired) electrons. The van der Waals surface area contributed by atoms with Crippen LogP contribution in [0, 0.1) is 20.8 Å². The molecule has 0 aromatic heterocycles. The molecule has 0 saturated carbocycles. The van der Waals surface area contributed by atoms with Gasteiger partial charge in [0, 0.05) is 39.5 Å². The summed E-state index contributed by atoms with van der Waals surface area (Å²) in [6.45, 7) is 10.4. The Bertz CT molecular complexity index is 1090. The minimum absolute atomic E-state index is 0.570. The molecule has 0 N–H and O–H groups in total. The number of hydrogen-bond donors (Lipinski definition) is 0. The zero-order valence-electron chi connectivity index (χ0n) is 28.1. The van der Waals surface area contributed by atoms with Gasteiger partial charge in [0.1, 0.15) is 17.2 Å². The number of likely N-dealkylation sites (N-methyl/N-ethyl adjacent to an activating group) is 3. The molecule has 0 amide bonds. The van der Waals surface area contributed by atoms with E-state index in [-0.39, 0.29) is 0 Å². The Morgan fingerprint density at radius 2 is 0.841 bits per heavy atom. The third-order valence-electron chi connectivity index (χ3n) is 6.11. The van der Waals surface area contributed by atoms with Crippen LogP contribution in [0.4, 0.5) is 0 Å². The van der Waals surface area contributed by atoms with Gasteiger partial charge >= 0.3 is 14.6 Å². The van der Waals surface area contributed by atoms with Crippen molar-refractivity contribution < 1.29 is 27.9 Å². The first-order valence-electron chi connectivity index (χ1n) is 15.0. The van der Waals surface area contributed by atoms with Crippen molar-refractivity contribution in [3.63, 3.8) is 0 Å². The second kappa shape index (κ2) is 20.8. The van der Waals surface area contributed by atoms with Crippen LogP contribution in [0.3, 0.4) is 0 Å². The SMILES string of the molecule is CN(C)CCOB(OCCN(C)C)OCCN(C)C.Cc1ccc(OB(Oc2ccc(C)cc2)Oc2cccc(C)c2)cc1. The Hall–Kier alpha value is -3.05. The molecule has 9 nitrogen and oxygen atoms in total. The van der Waals surface area contributed by atoms with Gasteiger partial charge in [-0.25, -0.2) is 0 Å². The van der Waals surface area contributed by atoms with Crippen molar-refractivity contribution in [3.05, 3.63) is 89.5 Å². The van der Waals surface area contributed by atoms with E-state index in [1.165, 1.54) is 11.1 Å². The van der Waals surface area contributed by atoms with Crippen LogP contribution >= 0.6 is 0 Å². The fourth-order valence-corrected chi connectivity index (χ4v) is 3.47. The second-order valence-electron chi connectivity index (χ2n) is 11.4. The van der Waals surface area contributed by atoms with Gasteiger partial charge in [-0.1, -0.05) is 47.5 Å². The molecule has 44 heavy (non-hydrogen) atoms. The molecule has 0 heterocycles. The summed E-state index contributed by atoms with van der Waals surface area (Å²) in [6.07, 6.45) is 0. The maximum atomic E-state index is 5.92. The van der Waals surface area contributed by atoms with Crippen molar-refractivity contribution in [2.24, 2.45) is 0 Å². The normalized spacial score (nSPS) is 10.9. The molecule has 0 aliphatic heterocycles. The van der Waals surface area contributed by atoms with Crippen LogP contribution in [0.5, 0.6) is 17.2 Å². The molecule has 0 aliphatic rings. The van der Waals surface area contributed by atoms with Crippen LogP contribution in [-0.2, 0) is 14.0 Å². The molecule has 0 unspecified atom stereocenters. The summed E-state index contributed by atoms with van der Waals surface area (Å²) in [7, 11) is 10.6. The Balaban J connectivity index is 0.000000321. The molecule has 0 fully saturated rings. The van der Waals surface area contributed by atoms with Gasteiger partial charge in [0.15, 0.2) is 0 Å². The third kappa shape index (κ3) is 17.3. The molecule has 0 aliphatic carbocycles. The molecular weight excluding hydrogens is 556 g/mol. The highest BCUT2D eigenvalue weighted by Gasteiger charge is 2.30. The van der Waals surface area contributed by atoms with Crippen molar-refractivity contribution in [2.75, 3.05) is 81.7 Å². The summed E-state index contributed by atoms with van der Waals surface area (Å²) < 4.78 is 34.5. The molecule has 0 bridgehead atoms. The van der Waals surface area contributed by atoms with Gasteiger partial charge in [0.2, 0.25) is 0 Å². The van der Waals surface area contributed by atoms with E-state index in [2.05, 4.69) is 14.7 Å². The summed E-state index contributed by atoms with van der Waals surface area (Å²) in [4.78, 5) is 6.20. The van der Waals surface area contributed by atoms with Crippen molar-refractivity contribution >= 4 is 14.6 Å². The highest BCUT2D eigenvalue weighted by atomic mass is 16.7. The molecule has 0 spiro atoms.